The van der Waals surface area contributed by atoms with Crippen LogP contribution in [0.5, 0.6) is 0 Å². The van der Waals surface area contributed by atoms with Crippen LogP contribution in [0.3, 0.4) is 0 Å². The number of rotatable bonds is 3. The first-order valence-electron chi connectivity index (χ1n) is 8.94. The van der Waals surface area contributed by atoms with Crippen molar-refractivity contribution in [1.29, 1.82) is 0 Å². The number of benzene rings is 2. The smallest absolute Gasteiger partial charge is 0.421 e. The molecule has 0 radical (unpaired) electrons. The first kappa shape index (κ1) is 15.4. The van der Waals surface area contributed by atoms with E-state index in [4.69, 9.17) is 8.83 Å². The van der Waals surface area contributed by atoms with Crippen molar-refractivity contribution in [2.24, 2.45) is 0 Å². The molecule has 1 saturated heterocycles. The van der Waals surface area contributed by atoms with Gasteiger partial charge in [-0.1, -0.05) is 24.3 Å². The average Bonchev–Trinajstić information content (AvgIpc) is 3.24. The second kappa shape index (κ2) is 6.14. The zero-order chi connectivity index (χ0) is 17.5. The van der Waals surface area contributed by atoms with Gasteiger partial charge in [0.1, 0.15) is 5.52 Å². The predicted octanol–water partition coefficient (Wildman–Crippen LogP) is 3.57. The van der Waals surface area contributed by atoms with E-state index in [9.17, 15) is 4.79 Å². The molecule has 1 aliphatic rings. The highest BCUT2D eigenvalue weighted by Crippen LogP contribution is 2.29. The molecule has 1 atom stereocenters. The van der Waals surface area contributed by atoms with Gasteiger partial charge in [0.2, 0.25) is 0 Å². The molecule has 2 aromatic carbocycles. The van der Waals surface area contributed by atoms with Crippen LogP contribution >= 0.6 is 0 Å². The number of fused-ring (bicyclic) bond motifs is 2. The summed E-state index contributed by atoms with van der Waals surface area (Å²) in [4.78, 5) is 19.1. The quantitative estimate of drug-likeness (QED) is 0.566. The van der Waals surface area contributed by atoms with E-state index >= 15 is 0 Å². The monoisotopic (exact) mass is 349 g/mol. The fourth-order valence-corrected chi connectivity index (χ4v) is 3.80. The Balaban J connectivity index is 1.40. The van der Waals surface area contributed by atoms with Crippen LogP contribution in [0.1, 0.15) is 24.7 Å². The van der Waals surface area contributed by atoms with Crippen molar-refractivity contribution < 1.29 is 8.83 Å². The molecule has 1 aliphatic heterocycles. The van der Waals surface area contributed by atoms with Crippen LogP contribution in [0.2, 0.25) is 0 Å². The Bertz CT molecular complexity index is 1090. The summed E-state index contributed by atoms with van der Waals surface area (Å²) in [5.74, 6) is 0.723. The van der Waals surface area contributed by atoms with Crippen LogP contribution in [-0.2, 0) is 6.67 Å². The Morgan fingerprint density at radius 3 is 2.73 bits per heavy atom. The number of hydrogen-bond acceptors (Lipinski definition) is 5. The lowest BCUT2D eigenvalue weighted by Crippen LogP contribution is -2.37. The van der Waals surface area contributed by atoms with Crippen molar-refractivity contribution in [3.8, 4) is 0 Å². The Morgan fingerprint density at radius 2 is 1.85 bits per heavy atom. The number of piperidine rings is 1. The predicted molar refractivity (Wildman–Crippen MR) is 98.0 cm³/mol. The van der Waals surface area contributed by atoms with Crippen LogP contribution in [0.15, 0.2) is 62.2 Å². The number of likely N-dealkylation sites (tertiary alicyclic amines) is 1. The maximum atomic E-state index is 12.2. The van der Waals surface area contributed by atoms with Crippen molar-refractivity contribution in [2.75, 3.05) is 13.1 Å². The number of oxazole rings is 2. The van der Waals surface area contributed by atoms with Crippen molar-refractivity contribution in [3.63, 3.8) is 0 Å². The molecule has 3 heterocycles. The fraction of sp³-hybridized carbons (Fsp3) is 0.300. The minimum atomic E-state index is -0.310. The van der Waals surface area contributed by atoms with Gasteiger partial charge >= 0.3 is 5.76 Å². The maximum absolute atomic E-state index is 12.2. The summed E-state index contributed by atoms with van der Waals surface area (Å²) in [5.41, 5.74) is 3.19. The summed E-state index contributed by atoms with van der Waals surface area (Å²) in [6.07, 6.45) is 2.10. The highest BCUT2D eigenvalue weighted by Gasteiger charge is 2.26. The SMILES string of the molecule is O=c1oc2ccccc2n1CN1CCC[C@@H](c2nc3ccccc3o2)C1. The van der Waals surface area contributed by atoms with E-state index in [1.165, 1.54) is 0 Å². The van der Waals surface area contributed by atoms with Gasteiger partial charge in [0.25, 0.3) is 0 Å². The molecule has 5 rings (SSSR count). The molecule has 6 heteroatoms. The Morgan fingerprint density at radius 1 is 1.04 bits per heavy atom. The lowest BCUT2D eigenvalue weighted by atomic mass is 9.98. The molecule has 132 valence electrons. The normalized spacial score (nSPS) is 18.7. The van der Waals surface area contributed by atoms with E-state index in [1.54, 1.807) is 4.57 Å². The molecular weight excluding hydrogens is 330 g/mol. The minimum Gasteiger partial charge on any atom is -0.440 e. The zero-order valence-electron chi connectivity index (χ0n) is 14.3. The first-order valence-corrected chi connectivity index (χ1v) is 8.94. The van der Waals surface area contributed by atoms with E-state index in [0.717, 1.165) is 48.4 Å². The van der Waals surface area contributed by atoms with Crippen LogP contribution < -0.4 is 5.76 Å². The first-order chi connectivity index (χ1) is 12.8. The topological polar surface area (TPSA) is 64.4 Å². The summed E-state index contributed by atoms with van der Waals surface area (Å²) in [5, 5.41) is 0. The Kier molecular flexibility index (Phi) is 3.64. The lowest BCUT2D eigenvalue weighted by Gasteiger charge is -2.31. The van der Waals surface area contributed by atoms with Crippen molar-refractivity contribution in [3.05, 3.63) is 65.0 Å². The summed E-state index contributed by atoms with van der Waals surface area (Å²) in [7, 11) is 0. The summed E-state index contributed by atoms with van der Waals surface area (Å²) < 4.78 is 13.0. The summed E-state index contributed by atoms with van der Waals surface area (Å²) >= 11 is 0. The van der Waals surface area contributed by atoms with Crippen molar-refractivity contribution in [1.82, 2.24) is 14.5 Å². The zero-order valence-corrected chi connectivity index (χ0v) is 14.3. The molecule has 0 aliphatic carbocycles. The second-order valence-corrected chi connectivity index (χ2v) is 6.84. The maximum Gasteiger partial charge on any atom is 0.421 e. The molecule has 2 aromatic heterocycles. The number of nitrogens with zero attached hydrogens (tertiary/aromatic N) is 3. The molecule has 0 unspecified atom stereocenters. The minimum absolute atomic E-state index is 0.241. The molecule has 0 saturated carbocycles. The summed E-state index contributed by atoms with van der Waals surface area (Å²) in [6.45, 7) is 2.29. The molecule has 0 spiro atoms. The molecule has 26 heavy (non-hydrogen) atoms. The molecule has 0 N–H and O–H groups in total. The fourth-order valence-electron chi connectivity index (χ4n) is 3.80. The van der Waals surface area contributed by atoms with Gasteiger partial charge in [-0.05, 0) is 43.7 Å². The molecule has 4 aromatic rings. The largest absolute Gasteiger partial charge is 0.440 e. The number of hydrogen-bond donors (Lipinski definition) is 0. The molecule has 1 fully saturated rings. The highest BCUT2D eigenvalue weighted by molar-refractivity contribution is 5.73. The van der Waals surface area contributed by atoms with Gasteiger partial charge in [-0.3, -0.25) is 9.47 Å². The standard InChI is InChI=1S/C20H19N3O3/c24-20-23(16-8-2-4-10-18(16)26-20)13-22-11-5-6-14(12-22)19-21-15-7-1-3-9-17(15)25-19/h1-4,7-10,14H,5-6,11-13H2/t14-/m1/s1. The highest BCUT2D eigenvalue weighted by atomic mass is 16.4. The van der Waals surface area contributed by atoms with E-state index in [-0.39, 0.29) is 11.7 Å². The van der Waals surface area contributed by atoms with Gasteiger partial charge in [0, 0.05) is 12.5 Å². The van der Waals surface area contributed by atoms with E-state index in [1.807, 2.05) is 48.5 Å². The van der Waals surface area contributed by atoms with Gasteiger partial charge in [0.15, 0.2) is 17.1 Å². The third-order valence-corrected chi connectivity index (χ3v) is 5.08. The van der Waals surface area contributed by atoms with Crippen LogP contribution in [-0.4, -0.2) is 27.5 Å². The summed E-state index contributed by atoms with van der Waals surface area (Å²) in [6, 6.07) is 15.4. The third kappa shape index (κ3) is 2.63. The van der Waals surface area contributed by atoms with Gasteiger partial charge in [-0.15, -0.1) is 0 Å². The molecule has 0 amide bonds. The van der Waals surface area contributed by atoms with Crippen molar-refractivity contribution >= 4 is 22.2 Å². The van der Waals surface area contributed by atoms with Crippen LogP contribution in [0.25, 0.3) is 22.2 Å². The van der Waals surface area contributed by atoms with E-state index < -0.39 is 0 Å². The Labute approximate surface area is 149 Å². The number of para-hydroxylation sites is 4. The Hall–Kier alpha value is -2.86. The van der Waals surface area contributed by atoms with Crippen LogP contribution in [0, 0.1) is 0 Å². The van der Waals surface area contributed by atoms with Gasteiger partial charge in [0.05, 0.1) is 12.2 Å². The molecule has 6 nitrogen and oxygen atoms in total. The molecular formula is C20H19N3O3. The van der Waals surface area contributed by atoms with Crippen molar-refractivity contribution in [2.45, 2.75) is 25.4 Å². The third-order valence-electron chi connectivity index (χ3n) is 5.08. The van der Waals surface area contributed by atoms with E-state index in [2.05, 4.69) is 9.88 Å². The average molecular weight is 349 g/mol. The second-order valence-electron chi connectivity index (χ2n) is 6.84. The van der Waals surface area contributed by atoms with Gasteiger partial charge in [-0.2, -0.15) is 0 Å². The van der Waals surface area contributed by atoms with Crippen LogP contribution in [0.4, 0.5) is 0 Å². The lowest BCUT2D eigenvalue weighted by molar-refractivity contribution is 0.153. The van der Waals surface area contributed by atoms with Gasteiger partial charge < -0.3 is 8.83 Å². The van der Waals surface area contributed by atoms with Gasteiger partial charge in [-0.25, -0.2) is 9.78 Å². The van der Waals surface area contributed by atoms with E-state index in [0.29, 0.717) is 12.3 Å². The number of aromatic nitrogens is 2. The molecule has 0 bridgehead atoms.